The van der Waals surface area contributed by atoms with Crippen molar-refractivity contribution in [3.63, 3.8) is 0 Å². The third kappa shape index (κ3) is 3.26. The summed E-state index contributed by atoms with van der Waals surface area (Å²) in [5.41, 5.74) is 8.75. The fraction of sp³-hybridized carbons (Fsp3) is 0.533. The first kappa shape index (κ1) is 13.9. The Labute approximate surface area is 114 Å². The van der Waals surface area contributed by atoms with Gasteiger partial charge >= 0.3 is 0 Å². The van der Waals surface area contributed by atoms with Gasteiger partial charge in [0.2, 0.25) is 5.91 Å². The molecule has 0 aliphatic carbocycles. The van der Waals surface area contributed by atoms with Crippen LogP contribution in [0, 0.1) is 0 Å². The first-order valence-corrected chi connectivity index (χ1v) is 6.83. The number of carbonyl (C=O) groups excluding carboxylic acids is 1. The average molecular weight is 262 g/mol. The lowest BCUT2D eigenvalue weighted by molar-refractivity contribution is -0.119. The van der Waals surface area contributed by atoms with Gasteiger partial charge in [0, 0.05) is 31.5 Å². The van der Waals surface area contributed by atoms with Crippen LogP contribution in [0.5, 0.6) is 0 Å². The molecule has 0 saturated carbocycles. The Morgan fingerprint density at radius 3 is 3.05 bits per heavy atom. The fourth-order valence-electron chi connectivity index (χ4n) is 2.43. The Bertz CT molecular complexity index is 459. The zero-order valence-corrected chi connectivity index (χ0v) is 11.7. The molecule has 1 unspecified atom stereocenters. The molecule has 1 atom stereocenters. The lowest BCUT2D eigenvalue weighted by atomic mass is 10.0. The number of ether oxygens (including phenoxy) is 1. The van der Waals surface area contributed by atoms with Crippen molar-refractivity contribution >= 4 is 17.3 Å². The lowest BCUT2D eigenvalue weighted by Gasteiger charge is -2.30. The van der Waals surface area contributed by atoms with Crippen molar-refractivity contribution in [2.75, 3.05) is 24.3 Å². The molecule has 104 valence electrons. The molecule has 2 N–H and O–H groups in total. The monoisotopic (exact) mass is 262 g/mol. The molecule has 1 heterocycles. The van der Waals surface area contributed by atoms with E-state index >= 15 is 0 Å². The number of aryl methyl sites for hydroxylation is 1. The maximum Gasteiger partial charge on any atom is 0.227 e. The Balaban J connectivity index is 2.10. The van der Waals surface area contributed by atoms with Crippen molar-refractivity contribution in [1.82, 2.24) is 0 Å². The minimum Gasteiger partial charge on any atom is -0.399 e. The number of rotatable bonds is 4. The van der Waals surface area contributed by atoms with Crippen LogP contribution in [0.3, 0.4) is 0 Å². The van der Waals surface area contributed by atoms with Crippen molar-refractivity contribution < 1.29 is 9.53 Å². The van der Waals surface area contributed by atoms with Crippen LogP contribution in [0.25, 0.3) is 0 Å². The number of anilines is 2. The van der Waals surface area contributed by atoms with Gasteiger partial charge in [0.25, 0.3) is 0 Å². The van der Waals surface area contributed by atoms with Gasteiger partial charge in [-0.1, -0.05) is 6.07 Å². The van der Waals surface area contributed by atoms with Crippen molar-refractivity contribution in [2.24, 2.45) is 0 Å². The molecule has 0 spiro atoms. The van der Waals surface area contributed by atoms with Gasteiger partial charge < -0.3 is 15.4 Å². The molecule has 1 aliphatic heterocycles. The largest absolute Gasteiger partial charge is 0.399 e. The van der Waals surface area contributed by atoms with Crippen molar-refractivity contribution in [3.05, 3.63) is 23.8 Å². The van der Waals surface area contributed by atoms with Crippen LogP contribution in [0.4, 0.5) is 11.4 Å². The van der Waals surface area contributed by atoms with E-state index in [2.05, 4.69) is 0 Å². The Morgan fingerprint density at radius 1 is 1.53 bits per heavy atom. The quantitative estimate of drug-likeness (QED) is 0.847. The van der Waals surface area contributed by atoms with E-state index < -0.39 is 0 Å². The first-order chi connectivity index (χ1) is 9.11. The number of benzene rings is 1. The second-order valence-corrected chi connectivity index (χ2v) is 5.12. The first-order valence-electron chi connectivity index (χ1n) is 6.83. The van der Waals surface area contributed by atoms with E-state index in [1.807, 2.05) is 30.0 Å². The number of nitrogen functional groups attached to an aromatic ring is 1. The highest BCUT2D eigenvalue weighted by atomic mass is 16.5. The van der Waals surface area contributed by atoms with Gasteiger partial charge in [0.05, 0.1) is 6.10 Å². The molecule has 2 rings (SSSR count). The predicted octanol–water partition coefficient (Wildman–Crippen LogP) is 2.36. The Hall–Kier alpha value is -1.55. The lowest BCUT2D eigenvalue weighted by Crippen LogP contribution is -2.35. The summed E-state index contributed by atoms with van der Waals surface area (Å²) in [5.74, 6) is 0.162. The van der Waals surface area contributed by atoms with Gasteiger partial charge in [-0.05, 0) is 43.9 Å². The third-order valence-corrected chi connectivity index (χ3v) is 3.70. The molecule has 0 radical (unpaired) electrons. The van der Waals surface area contributed by atoms with Crippen molar-refractivity contribution in [3.8, 4) is 0 Å². The van der Waals surface area contributed by atoms with E-state index in [1.165, 1.54) is 5.56 Å². The molecule has 1 aromatic carbocycles. The van der Waals surface area contributed by atoms with Gasteiger partial charge in [-0.2, -0.15) is 0 Å². The molecule has 19 heavy (non-hydrogen) atoms. The smallest absolute Gasteiger partial charge is 0.227 e. The maximum absolute atomic E-state index is 12.3. The minimum atomic E-state index is 0.119. The van der Waals surface area contributed by atoms with E-state index in [9.17, 15) is 4.79 Å². The van der Waals surface area contributed by atoms with Gasteiger partial charge in [0.15, 0.2) is 0 Å². The van der Waals surface area contributed by atoms with Gasteiger partial charge in [-0.25, -0.2) is 0 Å². The summed E-state index contributed by atoms with van der Waals surface area (Å²) in [6, 6.07) is 5.84. The van der Waals surface area contributed by atoms with Crippen LogP contribution < -0.4 is 10.6 Å². The number of hydrogen-bond acceptors (Lipinski definition) is 3. The summed E-state index contributed by atoms with van der Waals surface area (Å²) in [7, 11) is 1.67. The molecule has 1 aromatic rings. The number of carbonyl (C=O) groups is 1. The standard InChI is InChI=1S/C15H22N2O2/c1-11(19-2)5-8-15(18)17-9-3-4-12-6-7-13(16)10-14(12)17/h6-7,10-11H,3-5,8-9,16H2,1-2H3. The SMILES string of the molecule is COC(C)CCC(=O)N1CCCc2ccc(N)cc21. The van der Waals surface area contributed by atoms with Gasteiger partial charge in [-0.15, -0.1) is 0 Å². The number of methoxy groups -OCH3 is 1. The summed E-state index contributed by atoms with van der Waals surface area (Å²) < 4.78 is 5.19. The zero-order valence-electron chi connectivity index (χ0n) is 11.7. The number of amides is 1. The van der Waals surface area contributed by atoms with E-state index in [1.54, 1.807) is 7.11 Å². The predicted molar refractivity (Wildman–Crippen MR) is 77.2 cm³/mol. The highest BCUT2D eigenvalue weighted by Gasteiger charge is 2.22. The molecule has 4 nitrogen and oxygen atoms in total. The second-order valence-electron chi connectivity index (χ2n) is 5.12. The second kappa shape index (κ2) is 6.06. The Morgan fingerprint density at radius 2 is 2.32 bits per heavy atom. The summed E-state index contributed by atoms with van der Waals surface area (Å²) >= 11 is 0. The van der Waals surface area contributed by atoms with Crippen LogP contribution in [0.2, 0.25) is 0 Å². The molecule has 1 amide bonds. The normalized spacial score (nSPS) is 16.0. The van der Waals surface area contributed by atoms with Crippen LogP contribution in [0.1, 0.15) is 31.7 Å². The summed E-state index contributed by atoms with van der Waals surface area (Å²) in [5, 5.41) is 0. The fourth-order valence-corrected chi connectivity index (χ4v) is 2.43. The third-order valence-electron chi connectivity index (χ3n) is 3.70. The van der Waals surface area contributed by atoms with Gasteiger partial charge in [0.1, 0.15) is 0 Å². The Kier molecular flexibility index (Phi) is 4.43. The average Bonchev–Trinajstić information content (AvgIpc) is 2.43. The maximum atomic E-state index is 12.3. The van der Waals surface area contributed by atoms with Crippen molar-refractivity contribution in [2.45, 2.75) is 38.7 Å². The molecule has 0 bridgehead atoms. The van der Waals surface area contributed by atoms with E-state index in [0.717, 1.165) is 31.5 Å². The summed E-state index contributed by atoms with van der Waals surface area (Å²) in [6.07, 6.45) is 3.43. The van der Waals surface area contributed by atoms with E-state index in [-0.39, 0.29) is 12.0 Å². The summed E-state index contributed by atoms with van der Waals surface area (Å²) in [4.78, 5) is 14.2. The van der Waals surface area contributed by atoms with Crippen LogP contribution in [-0.2, 0) is 16.0 Å². The molecule has 1 aliphatic rings. The highest BCUT2D eigenvalue weighted by Crippen LogP contribution is 2.29. The number of nitrogens with zero attached hydrogens (tertiary/aromatic N) is 1. The number of hydrogen-bond donors (Lipinski definition) is 1. The molecule has 0 saturated heterocycles. The summed E-state index contributed by atoms with van der Waals surface area (Å²) in [6.45, 7) is 2.77. The van der Waals surface area contributed by atoms with Crippen molar-refractivity contribution in [1.29, 1.82) is 0 Å². The highest BCUT2D eigenvalue weighted by molar-refractivity contribution is 5.95. The van der Waals surface area contributed by atoms with Gasteiger partial charge in [-0.3, -0.25) is 4.79 Å². The molecular formula is C15H22N2O2. The molecule has 0 fully saturated rings. The van der Waals surface area contributed by atoms with Crippen LogP contribution >= 0.6 is 0 Å². The topological polar surface area (TPSA) is 55.6 Å². The zero-order chi connectivity index (χ0) is 13.8. The van der Waals surface area contributed by atoms with E-state index in [0.29, 0.717) is 12.1 Å². The van der Waals surface area contributed by atoms with Crippen LogP contribution in [0.15, 0.2) is 18.2 Å². The molecule has 4 heteroatoms. The minimum absolute atomic E-state index is 0.119. The number of nitrogens with two attached hydrogens (primary N) is 1. The molecule has 0 aromatic heterocycles. The molecular weight excluding hydrogens is 240 g/mol. The van der Waals surface area contributed by atoms with Crippen LogP contribution in [-0.4, -0.2) is 25.7 Å². The number of fused-ring (bicyclic) bond motifs is 1. The van der Waals surface area contributed by atoms with E-state index in [4.69, 9.17) is 10.5 Å².